The largest absolute Gasteiger partial charge is 0.449 e. The van der Waals surface area contributed by atoms with Crippen LogP contribution >= 0.6 is 31.9 Å². The van der Waals surface area contributed by atoms with Gasteiger partial charge in [-0.05, 0) is 30.7 Å². The molecule has 2 rings (SSSR count). The van der Waals surface area contributed by atoms with Crippen LogP contribution in [0.1, 0.15) is 11.1 Å². The third-order valence-corrected chi connectivity index (χ3v) is 3.86. The van der Waals surface area contributed by atoms with Crippen molar-refractivity contribution in [3.05, 3.63) is 61.9 Å². The van der Waals surface area contributed by atoms with E-state index in [9.17, 15) is 14.5 Å². The molecule has 2 aromatic rings. The number of benzene rings is 2. The highest BCUT2D eigenvalue weighted by Crippen LogP contribution is 2.38. The zero-order valence-electron chi connectivity index (χ0n) is 10.9. The van der Waals surface area contributed by atoms with Crippen molar-refractivity contribution < 1.29 is 14.1 Å². The number of hydrogen-bond acceptors (Lipinski definition) is 3. The molecule has 0 aliphatic carbocycles. The molecule has 0 bridgehead atoms. The Balaban J connectivity index is 2.54. The predicted octanol–water partition coefficient (Wildman–Crippen LogP) is 5.49. The van der Waals surface area contributed by atoms with Crippen molar-refractivity contribution in [2.24, 2.45) is 0 Å². The second-order valence-electron chi connectivity index (χ2n) is 4.28. The monoisotopic (exact) mass is 417 g/mol. The van der Waals surface area contributed by atoms with E-state index < -0.39 is 10.7 Å². The van der Waals surface area contributed by atoms with E-state index in [1.165, 1.54) is 18.2 Å². The summed E-state index contributed by atoms with van der Waals surface area (Å²) in [6.07, 6.45) is 0. The number of hydrogen-bond donors (Lipinski definition) is 0. The van der Waals surface area contributed by atoms with Crippen molar-refractivity contribution in [3.8, 4) is 11.5 Å². The summed E-state index contributed by atoms with van der Waals surface area (Å²) in [7, 11) is 0. The molecule has 7 heteroatoms. The van der Waals surface area contributed by atoms with E-state index in [1.807, 2.05) is 0 Å². The Morgan fingerprint density at radius 2 is 2.10 bits per heavy atom. The van der Waals surface area contributed by atoms with E-state index in [0.29, 0.717) is 15.6 Å². The fraction of sp³-hybridized carbons (Fsp3) is 0.143. The average Bonchev–Trinajstić information content (AvgIpc) is 2.41. The van der Waals surface area contributed by atoms with Crippen LogP contribution in [-0.4, -0.2) is 4.92 Å². The van der Waals surface area contributed by atoms with Gasteiger partial charge in [-0.3, -0.25) is 10.1 Å². The molecule has 0 N–H and O–H groups in total. The highest BCUT2D eigenvalue weighted by molar-refractivity contribution is 9.10. The Labute approximate surface area is 137 Å². The molecule has 0 atom stereocenters. The van der Waals surface area contributed by atoms with Gasteiger partial charge in [0.05, 0.1) is 4.92 Å². The zero-order valence-corrected chi connectivity index (χ0v) is 14.1. The Hall–Kier alpha value is -1.47. The number of ether oxygens (including phenoxy) is 1. The molecule has 0 fully saturated rings. The molecule has 0 radical (unpaired) electrons. The van der Waals surface area contributed by atoms with Crippen LogP contribution in [0.5, 0.6) is 11.5 Å². The Kier molecular flexibility index (Phi) is 4.95. The van der Waals surface area contributed by atoms with Crippen LogP contribution in [-0.2, 0) is 5.33 Å². The van der Waals surface area contributed by atoms with Crippen molar-refractivity contribution in [1.29, 1.82) is 0 Å². The number of aryl methyl sites for hydroxylation is 1. The fourth-order valence-corrected chi connectivity index (χ4v) is 2.96. The van der Waals surface area contributed by atoms with E-state index in [-0.39, 0.29) is 22.5 Å². The SMILES string of the molecule is Cc1cc(Br)cc([N+](=O)[O-])c1Oc1cccc(F)c1CBr. The first-order chi connectivity index (χ1) is 9.93. The molecule has 0 heterocycles. The second kappa shape index (κ2) is 6.53. The maximum Gasteiger partial charge on any atom is 0.312 e. The van der Waals surface area contributed by atoms with Gasteiger partial charge in [-0.2, -0.15) is 0 Å². The minimum atomic E-state index is -0.528. The van der Waals surface area contributed by atoms with E-state index in [4.69, 9.17) is 4.74 Å². The molecule has 4 nitrogen and oxygen atoms in total. The molecule has 0 aromatic heterocycles. The molecular formula is C14H10Br2FNO3. The minimum Gasteiger partial charge on any atom is -0.449 e. The van der Waals surface area contributed by atoms with Gasteiger partial charge in [0.1, 0.15) is 11.6 Å². The maximum atomic E-state index is 13.7. The lowest BCUT2D eigenvalue weighted by molar-refractivity contribution is -0.385. The van der Waals surface area contributed by atoms with Crippen molar-refractivity contribution in [1.82, 2.24) is 0 Å². The van der Waals surface area contributed by atoms with Gasteiger partial charge in [0.15, 0.2) is 0 Å². The van der Waals surface area contributed by atoms with Gasteiger partial charge in [0.2, 0.25) is 5.75 Å². The number of nitro benzene ring substituents is 1. The third kappa shape index (κ3) is 3.41. The van der Waals surface area contributed by atoms with Crippen LogP contribution in [0.25, 0.3) is 0 Å². The number of nitro groups is 1. The number of halogens is 3. The minimum absolute atomic E-state index is 0.107. The first-order valence-electron chi connectivity index (χ1n) is 5.89. The van der Waals surface area contributed by atoms with Gasteiger partial charge < -0.3 is 4.74 Å². The average molecular weight is 419 g/mol. The van der Waals surface area contributed by atoms with Crippen molar-refractivity contribution >= 4 is 37.5 Å². The molecule has 0 saturated heterocycles. The summed E-state index contributed by atoms with van der Waals surface area (Å²) < 4.78 is 19.9. The molecule has 21 heavy (non-hydrogen) atoms. The molecule has 0 aliphatic heterocycles. The van der Waals surface area contributed by atoms with Crippen LogP contribution in [0.15, 0.2) is 34.8 Å². The molecule has 0 spiro atoms. The van der Waals surface area contributed by atoms with E-state index in [0.717, 1.165) is 0 Å². The molecule has 0 saturated carbocycles. The maximum absolute atomic E-state index is 13.7. The van der Waals surface area contributed by atoms with Crippen molar-refractivity contribution in [3.63, 3.8) is 0 Å². The van der Waals surface area contributed by atoms with Crippen LogP contribution in [0.3, 0.4) is 0 Å². The normalized spacial score (nSPS) is 10.5. The molecule has 2 aromatic carbocycles. The predicted molar refractivity (Wildman–Crippen MR) is 84.6 cm³/mol. The number of alkyl halides is 1. The zero-order chi connectivity index (χ0) is 15.6. The van der Waals surface area contributed by atoms with Gasteiger partial charge in [-0.1, -0.05) is 37.9 Å². The Bertz CT molecular complexity index is 707. The lowest BCUT2D eigenvalue weighted by atomic mass is 10.2. The lowest BCUT2D eigenvalue weighted by Gasteiger charge is -2.12. The summed E-state index contributed by atoms with van der Waals surface area (Å²) >= 11 is 6.40. The highest BCUT2D eigenvalue weighted by Gasteiger charge is 2.21. The van der Waals surface area contributed by atoms with Gasteiger partial charge >= 0.3 is 5.69 Å². The summed E-state index contributed by atoms with van der Waals surface area (Å²) in [5, 5.41) is 11.4. The Morgan fingerprint density at radius 3 is 2.71 bits per heavy atom. The van der Waals surface area contributed by atoms with E-state index >= 15 is 0 Å². The summed E-state index contributed by atoms with van der Waals surface area (Å²) in [5.41, 5.74) is 0.724. The molecule has 0 aliphatic rings. The molecule has 0 amide bonds. The summed E-state index contributed by atoms with van der Waals surface area (Å²) in [6.45, 7) is 1.69. The Morgan fingerprint density at radius 1 is 1.38 bits per heavy atom. The summed E-state index contributed by atoms with van der Waals surface area (Å²) in [6, 6.07) is 7.44. The highest BCUT2D eigenvalue weighted by atomic mass is 79.9. The second-order valence-corrected chi connectivity index (χ2v) is 5.76. The number of rotatable bonds is 4. The summed E-state index contributed by atoms with van der Waals surface area (Å²) in [5.74, 6) is -0.0711. The molecule has 0 unspecified atom stereocenters. The van der Waals surface area contributed by atoms with Crippen molar-refractivity contribution in [2.45, 2.75) is 12.3 Å². The first-order valence-corrected chi connectivity index (χ1v) is 7.81. The van der Waals surface area contributed by atoms with E-state index in [2.05, 4.69) is 31.9 Å². The summed E-state index contributed by atoms with van der Waals surface area (Å²) in [4.78, 5) is 10.6. The smallest absolute Gasteiger partial charge is 0.312 e. The first kappa shape index (κ1) is 15.9. The molecular weight excluding hydrogens is 409 g/mol. The number of nitrogens with zero attached hydrogens (tertiary/aromatic N) is 1. The van der Waals surface area contributed by atoms with Crippen molar-refractivity contribution in [2.75, 3.05) is 0 Å². The third-order valence-electron chi connectivity index (χ3n) is 2.84. The van der Waals surface area contributed by atoms with Crippen LogP contribution in [0, 0.1) is 22.9 Å². The van der Waals surface area contributed by atoms with E-state index in [1.54, 1.807) is 19.1 Å². The van der Waals surface area contributed by atoms with Gasteiger partial charge in [0, 0.05) is 21.4 Å². The lowest BCUT2D eigenvalue weighted by Crippen LogP contribution is -1.99. The quantitative estimate of drug-likeness (QED) is 0.374. The van der Waals surface area contributed by atoms with Crippen LogP contribution < -0.4 is 4.74 Å². The standard InChI is InChI=1S/C14H10Br2FNO3/c1-8-5-9(16)6-12(18(19)20)14(8)21-13-4-2-3-11(17)10(13)7-15/h2-6H,7H2,1H3. The van der Waals surface area contributed by atoms with Gasteiger partial charge in [0.25, 0.3) is 0 Å². The van der Waals surface area contributed by atoms with Gasteiger partial charge in [-0.15, -0.1) is 0 Å². The molecule has 110 valence electrons. The fourth-order valence-electron chi connectivity index (χ4n) is 1.85. The topological polar surface area (TPSA) is 52.4 Å². The van der Waals surface area contributed by atoms with Crippen LogP contribution in [0.2, 0.25) is 0 Å². The van der Waals surface area contributed by atoms with Gasteiger partial charge in [-0.25, -0.2) is 4.39 Å². The van der Waals surface area contributed by atoms with Crippen LogP contribution in [0.4, 0.5) is 10.1 Å².